The Hall–Kier alpha value is -0.380. The second-order valence-electron chi connectivity index (χ2n) is 6.08. The molecule has 2 atom stereocenters. The van der Waals surface area contributed by atoms with E-state index < -0.39 is 12.1 Å². The average molecular weight is 299 g/mol. The third-order valence-electron chi connectivity index (χ3n) is 3.98. The Bertz CT molecular complexity index is 231. The normalized spacial score (nSPS) is 14.7. The molecule has 0 radical (unpaired) electrons. The first-order valence-electron chi connectivity index (χ1n) is 8.91. The molecule has 0 saturated heterocycles. The van der Waals surface area contributed by atoms with Gasteiger partial charge >= 0.3 is 0 Å². The summed E-state index contributed by atoms with van der Waals surface area (Å²) in [6.45, 7) is 2.11. The summed E-state index contributed by atoms with van der Waals surface area (Å²) in [7, 11) is 0. The summed E-state index contributed by atoms with van der Waals surface area (Å²) >= 11 is 0. The minimum absolute atomic E-state index is 0.149. The molecule has 126 valence electrons. The molecule has 3 heteroatoms. The van der Waals surface area contributed by atoms with E-state index in [1.54, 1.807) is 0 Å². The highest BCUT2D eigenvalue weighted by Crippen LogP contribution is 2.11. The van der Waals surface area contributed by atoms with Crippen LogP contribution in [0.5, 0.6) is 0 Å². The molecule has 0 fully saturated rings. The van der Waals surface area contributed by atoms with Crippen LogP contribution >= 0.6 is 0 Å². The fraction of sp³-hybridized carbons (Fsp3) is 0.889. The first-order chi connectivity index (χ1) is 10.2. The SMILES string of the molecule is CCCCCCCCCCC/C=C\CC[C@@H](O)[C@@H](N)CO. The third kappa shape index (κ3) is 14.3. The van der Waals surface area contributed by atoms with E-state index in [-0.39, 0.29) is 6.61 Å². The van der Waals surface area contributed by atoms with Gasteiger partial charge in [-0.3, -0.25) is 0 Å². The molecule has 0 heterocycles. The zero-order chi connectivity index (χ0) is 15.8. The van der Waals surface area contributed by atoms with Crippen LogP contribution in [0, 0.1) is 0 Å². The number of unbranched alkanes of at least 4 members (excludes halogenated alkanes) is 9. The molecule has 0 aliphatic heterocycles. The number of allylic oxidation sites excluding steroid dienone is 2. The van der Waals surface area contributed by atoms with Crippen molar-refractivity contribution < 1.29 is 10.2 Å². The van der Waals surface area contributed by atoms with Crippen molar-refractivity contribution in [3.8, 4) is 0 Å². The lowest BCUT2D eigenvalue weighted by atomic mass is 10.1. The third-order valence-corrected chi connectivity index (χ3v) is 3.98. The molecule has 4 N–H and O–H groups in total. The molecule has 0 aromatic heterocycles. The number of hydrogen-bond donors (Lipinski definition) is 3. The van der Waals surface area contributed by atoms with Gasteiger partial charge in [-0.15, -0.1) is 0 Å². The van der Waals surface area contributed by atoms with Crippen LogP contribution < -0.4 is 5.73 Å². The Kier molecular flexibility index (Phi) is 15.7. The van der Waals surface area contributed by atoms with E-state index in [0.29, 0.717) is 6.42 Å². The zero-order valence-corrected chi connectivity index (χ0v) is 14.0. The van der Waals surface area contributed by atoms with Crippen LogP contribution in [0.4, 0.5) is 0 Å². The van der Waals surface area contributed by atoms with E-state index in [1.165, 1.54) is 57.8 Å². The molecule has 0 saturated carbocycles. The van der Waals surface area contributed by atoms with E-state index in [4.69, 9.17) is 10.8 Å². The number of nitrogens with two attached hydrogens (primary N) is 1. The number of aliphatic hydroxyl groups excluding tert-OH is 2. The molecule has 0 aromatic carbocycles. The minimum Gasteiger partial charge on any atom is -0.395 e. The summed E-state index contributed by atoms with van der Waals surface area (Å²) in [6, 6.07) is -0.504. The molecular weight excluding hydrogens is 262 g/mol. The van der Waals surface area contributed by atoms with Gasteiger partial charge in [0, 0.05) is 0 Å². The van der Waals surface area contributed by atoms with Crippen LogP contribution in [0.2, 0.25) is 0 Å². The molecule has 0 aromatic rings. The minimum atomic E-state index is -0.590. The average Bonchev–Trinajstić information content (AvgIpc) is 2.50. The Morgan fingerprint density at radius 3 is 1.95 bits per heavy atom. The van der Waals surface area contributed by atoms with Gasteiger partial charge in [0.15, 0.2) is 0 Å². The molecule has 0 unspecified atom stereocenters. The summed E-state index contributed by atoms with van der Waals surface area (Å²) in [5.41, 5.74) is 5.54. The summed E-state index contributed by atoms with van der Waals surface area (Å²) in [6.07, 6.45) is 18.6. The van der Waals surface area contributed by atoms with Crippen molar-refractivity contribution in [2.24, 2.45) is 5.73 Å². The highest BCUT2D eigenvalue weighted by Gasteiger charge is 2.11. The molecule has 0 spiro atoms. The Morgan fingerprint density at radius 2 is 1.38 bits per heavy atom. The number of aliphatic hydroxyl groups is 2. The smallest absolute Gasteiger partial charge is 0.0716 e. The van der Waals surface area contributed by atoms with Crippen molar-refractivity contribution in [1.29, 1.82) is 0 Å². The van der Waals surface area contributed by atoms with Gasteiger partial charge in [-0.2, -0.15) is 0 Å². The first-order valence-corrected chi connectivity index (χ1v) is 8.91. The van der Waals surface area contributed by atoms with Crippen LogP contribution in [0.1, 0.15) is 84.0 Å². The van der Waals surface area contributed by atoms with Crippen molar-refractivity contribution >= 4 is 0 Å². The van der Waals surface area contributed by atoms with E-state index in [1.807, 2.05) is 0 Å². The fourth-order valence-electron chi connectivity index (χ4n) is 2.41. The van der Waals surface area contributed by atoms with E-state index in [2.05, 4.69) is 19.1 Å². The Labute approximate surface area is 131 Å². The highest BCUT2D eigenvalue weighted by atomic mass is 16.3. The highest BCUT2D eigenvalue weighted by molar-refractivity contribution is 4.83. The molecule has 0 bridgehead atoms. The van der Waals surface area contributed by atoms with Crippen LogP contribution in [0.25, 0.3) is 0 Å². The van der Waals surface area contributed by atoms with E-state index >= 15 is 0 Å². The van der Waals surface area contributed by atoms with Crippen LogP contribution in [-0.4, -0.2) is 29.0 Å². The summed E-state index contributed by atoms with van der Waals surface area (Å²) in [4.78, 5) is 0. The lowest BCUT2D eigenvalue weighted by Crippen LogP contribution is -2.37. The summed E-state index contributed by atoms with van der Waals surface area (Å²) in [5.74, 6) is 0. The van der Waals surface area contributed by atoms with Gasteiger partial charge < -0.3 is 15.9 Å². The predicted molar refractivity (Wildman–Crippen MR) is 91.3 cm³/mol. The molecule has 0 amide bonds. The lowest BCUT2D eigenvalue weighted by Gasteiger charge is -2.14. The molecule has 0 aliphatic carbocycles. The number of hydrogen-bond acceptors (Lipinski definition) is 3. The van der Waals surface area contributed by atoms with Crippen LogP contribution in [-0.2, 0) is 0 Å². The van der Waals surface area contributed by atoms with Gasteiger partial charge in [-0.05, 0) is 25.7 Å². The quantitative estimate of drug-likeness (QED) is 0.317. The predicted octanol–water partition coefficient (Wildman–Crippen LogP) is 3.92. The molecule has 21 heavy (non-hydrogen) atoms. The van der Waals surface area contributed by atoms with Crippen molar-refractivity contribution in [2.75, 3.05) is 6.61 Å². The standard InChI is InChI=1S/C18H37NO2/c1-2-3-4-5-6-7-8-9-10-11-12-13-14-15-18(21)17(19)16-20/h12-13,17-18,20-21H,2-11,14-16,19H2,1H3/b13-12-/t17-,18+/m0/s1. The summed E-state index contributed by atoms with van der Waals surface area (Å²) in [5, 5.41) is 18.4. The maximum absolute atomic E-state index is 9.58. The molecule has 3 nitrogen and oxygen atoms in total. The van der Waals surface area contributed by atoms with Gasteiger partial charge in [-0.1, -0.05) is 70.4 Å². The number of rotatable bonds is 15. The lowest BCUT2D eigenvalue weighted by molar-refractivity contribution is 0.102. The van der Waals surface area contributed by atoms with Crippen molar-refractivity contribution in [3.05, 3.63) is 12.2 Å². The second-order valence-corrected chi connectivity index (χ2v) is 6.08. The molecule has 0 rings (SSSR count). The summed E-state index contributed by atoms with van der Waals surface area (Å²) < 4.78 is 0. The maximum Gasteiger partial charge on any atom is 0.0716 e. The molecule has 0 aliphatic rings. The Balaban J connectivity index is 3.22. The zero-order valence-electron chi connectivity index (χ0n) is 14.0. The van der Waals surface area contributed by atoms with E-state index in [9.17, 15) is 5.11 Å². The fourth-order valence-corrected chi connectivity index (χ4v) is 2.41. The van der Waals surface area contributed by atoms with Gasteiger partial charge in [0.25, 0.3) is 0 Å². The second kappa shape index (κ2) is 16.0. The van der Waals surface area contributed by atoms with Crippen molar-refractivity contribution in [3.63, 3.8) is 0 Å². The van der Waals surface area contributed by atoms with Gasteiger partial charge in [-0.25, -0.2) is 0 Å². The van der Waals surface area contributed by atoms with Crippen molar-refractivity contribution in [1.82, 2.24) is 0 Å². The van der Waals surface area contributed by atoms with E-state index in [0.717, 1.165) is 12.8 Å². The largest absolute Gasteiger partial charge is 0.395 e. The molecular formula is C18H37NO2. The van der Waals surface area contributed by atoms with Gasteiger partial charge in [0.05, 0.1) is 18.8 Å². The van der Waals surface area contributed by atoms with Gasteiger partial charge in [0.1, 0.15) is 0 Å². The van der Waals surface area contributed by atoms with Gasteiger partial charge in [0.2, 0.25) is 0 Å². The van der Waals surface area contributed by atoms with Crippen LogP contribution in [0.15, 0.2) is 12.2 Å². The topological polar surface area (TPSA) is 66.5 Å². The monoisotopic (exact) mass is 299 g/mol. The maximum atomic E-state index is 9.58. The first kappa shape index (κ1) is 20.6. The van der Waals surface area contributed by atoms with Crippen molar-refractivity contribution in [2.45, 2.75) is 96.1 Å². The van der Waals surface area contributed by atoms with Crippen LogP contribution in [0.3, 0.4) is 0 Å². The Morgan fingerprint density at radius 1 is 0.857 bits per heavy atom.